The summed E-state index contributed by atoms with van der Waals surface area (Å²) < 4.78 is 4.64. The number of hydrogen-bond acceptors (Lipinski definition) is 4. The van der Waals surface area contributed by atoms with Crippen LogP contribution in [0, 0.1) is 0 Å². The molecular weight excluding hydrogens is 330 g/mol. The molecule has 1 heterocycles. The first-order chi connectivity index (χ1) is 12.6. The Hall–Kier alpha value is -1.10. The summed E-state index contributed by atoms with van der Waals surface area (Å²) in [4.78, 5) is 25.5. The molecule has 1 unspecified atom stereocenters. The number of aliphatic hydroxyl groups excluding tert-OH is 1. The van der Waals surface area contributed by atoms with E-state index in [0.29, 0.717) is 18.9 Å². The number of methoxy groups -OCH3 is 1. The molecule has 1 fully saturated rings. The van der Waals surface area contributed by atoms with E-state index in [1.807, 2.05) is 0 Å². The van der Waals surface area contributed by atoms with E-state index in [1.165, 1.54) is 20.0 Å². The fraction of sp³-hybridized carbons (Fsp3) is 0.905. The van der Waals surface area contributed by atoms with Crippen LogP contribution in [-0.4, -0.2) is 47.7 Å². The summed E-state index contributed by atoms with van der Waals surface area (Å²) in [6.45, 7) is 2.99. The molecule has 1 amide bonds. The van der Waals surface area contributed by atoms with Crippen molar-refractivity contribution in [3.05, 3.63) is 0 Å². The number of ether oxygens (including phenoxy) is 1. The van der Waals surface area contributed by atoms with Gasteiger partial charge in [0.2, 0.25) is 5.91 Å². The van der Waals surface area contributed by atoms with Crippen molar-refractivity contribution in [2.45, 2.75) is 109 Å². The average Bonchev–Trinajstić information content (AvgIpc) is 2.64. The Morgan fingerprint density at radius 2 is 1.96 bits per heavy atom. The molecule has 0 aromatic heterocycles. The van der Waals surface area contributed by atoms with Gasteiger partial charge in [0.1, 0.15) is 0 Å². The molecule has 0 aromatic carbocycles. The summed E-state index contributed by atoms with van der Waals surface area (Å²) in [6.07, 6.45) is 12.9. The highest BCUT2D eigenvalue weighted by atomic mass is 16.5. The van der Waals surface area contributed by atoms with E-state index in [4.69, 9.17) is 0 Å². The smallest absolute Gasteiger partial charge is 0.305 e. The van der Waals surface area contributed by atoms with Crippen molar-refractivity contribution in [3.8, 4) is 0 Å². The summed E-state index contributed by atoms with van der Waals surface area (Å²) in [6, 6.07) is 0.298. The Morgan fingerprint density at radius 3 is 2.69 bits per heavy atom. The van der Waals surface area contributed by atoms with Gasteiger partial charge in [-0.3, -0.25) is 9.59 Å². The van der Waals surface area contributed by atoms with Crippen LogP contribution in [0.3, 0.4) is 0 Å². The molecule has 1 saturated heterocycles. The van der Waals surface area contributed by atoms with Crippen LogP contribution >= 0.6 is 0 Å². The van der Waals surface area contributed by atoms with E-state index in [1.54, 1.807) is 0 Å². The molecule has 152 valence electrons. The predicted octanol–water partition coefficient (Wildman–Crippen LogP) is 4.21. The molecule has 26 heavy (non-hydrogen) atoms. The third kappa shape index (κ3) is 9.56. The summed E-state index contributed by atoms with van der Waals surface area (Å²) in [5.74, 6) is 0.130. The second-order valence-electron chi connectivity index (χ2n) is 7.60. The molecule has 5 nitrogen and oxygen atoms in total. The first-order valence-electron chi connectivity index (χ1n) is 10.6. The highest BCUT2D eigenvalue weighted by molar-refractivity contribution is 5.77. The lowest BCUT2D eigenvalue weighted by Gasteiger charge is -2.36. The molecule has 2 atom stereocenters. The fourth-order valence-electron chi connectivity index (χ4n) is 3.77. The lowest BCUT2D eigenvalue weighted by atomic mass is 9.94. The molecule has 5 heteroatoms. The van der Waals surface area contributed by atoms with E-state index in [9.17, 15) is 14.7 Å². The molecule has 0 saturated carbocycles. The van der Waals surface area contributed by atoms with Gasteiger partial charge in [-0.25, -0.2) is 0 Å². The Bertz CT molecular complexity index is 399. The van der Waals surface area contributed by atoms with E-state index in [-0.39, 0.29) is 18.0 Å². The van der Waals surface area contributed by atoms with Crippen LogP contribution in [0.15, 0.2) is 0 Å². The van der Waals surface area contributed by atoms with E-state index < -0.39 is 0 Å². The Kier molecular flexibility index (Phi) is 12.4. The maximum absolute atomic E-state index is 12.3. The summed E-state index contributed by atoms with van der Waals surface area (Å²) >= 11 is 0. The number of nitrogens with zero attached hydrogens (tertiary/aromatic N) is 1. The van der Waals surface area contributed by atoms with Gasteiger partial charge in [-0.05, 0) is 44.9 Å². The largest absolute Gasteiger partial charge is 0.469 e. The standard InChI is InChI=1S/C21H39NO4/c1-3-4-7-12-19(23)16-15-18-11-10-13-20(24)22(18)17-9-6-5-8-14-21(25)26-2/h18-19,23H,3-17H2,1-2H3/t18?,19-/m1/s1. The van der Waals surface area contributed by atoms with Crippen molar-refractivity contribution in [2.75, 3.05) is 13.7 Å². The average molecular weight is 370 g/mol. The Balaban J connectivity index is 2.26. The summed E-state index contributed by atoms with van der Waals surface area (Å²) in [5.41, 5.74) is 0. The third-order valence-electron chi connectivity index (χ3n) is 5.42. The lowest BCUT2D eigenvalue weighted by Crippen LogP contribution is -2.44. The first-order valence-corrected chi connectivity index (χ1v) is 10.6. The number of amides is 1. The van der Waals surface area contributed by atoms with Crippen molar-refractivity contribution < 1.29 is 19.4 Å². The quantitative estimate of drug-likeness (QED) is 0.368. The van der Waals surface area contributed by atoms with Crippen LogP contribution in [0.5, 0.6) is 0 Å². The van der Waals surface area contributed by atoms with Gasteiger partial charge in [0.05, 0.1) is 13.2 Å². The number of esters is 1. The van der Waals surface area contributed by atoms with Crippen molar-refractivity contribution in [1.82, 2.24) is 4.90 Å². The second-order valence-corrected chi connectivity index (χ2v) is 7.60. The monoisotopic (exact) mass is 369 g/mol. The van der Waals surface area contributed by atoms with Crippen LogP contribution in [0.2, 0.25) is 0 Å². The summed E-state index contributed by atoms with van der Waals surface area (Å²) in [5, 5.41) is 10.2. The number of carbonyl (C=O) groups excluding carboxylic acids is 2. The lowest BCUT2D eigenvalue weighted by molar-refractivity contribution is -0.140. The van der Waals surface area contributed by atoms with E-state index in [2.05, 4.69) is 16.6 Å². The van der Waals surface area contributed by atoms with Gasteiger partial charge < -0.3 is 14.7 Å². The second kappa shape index (κ2) is 14.0. The molecule has 0 spiro atoms. The zero-order valence-electron chi connectivity index (χ0n) is 16.9. The number of hydrogen-bond donors (Lipinski definition) is 1. The van der Waals surface area contributed by atoms with Gasteiger partial charge in [0, 0.05) is 25.4 Å². The van der Waals surface area contributed by atoms with Crippen LogP contribution in [0.1, 0.15) is 96.8 Å². The maximum atomic E-state index is 12.3. The SMILES string of the molecule is CCCCC[C@@H](O)CCC1CCCC(=O)N1CCCCCCC(=O)OC. The van der Waals surface area contributed by atoms with Crippen LogP contribution in [0.25, 0.3) is 0 Å². The number of aliphatic hydroxyl groups is 1. The number of carbonyl (C=O) groups is 2. The van der Waals surface area contributed by atoms with Crippen molar-refractivity contribution in [1.29, 1.82) is 0 Å². The number of unbranched alkanes of at least 4 members (excludes halogenated alkanes) is 5. The highest BCUT2D eigenvalue weighted by Gasteiger charge is 2.27. The number of piperidine rings is 1. The molecular formula is C21H39NO4. The molecule has 1 aliphatic heterocycles. The van der Waals surface area contributed by atoms with Gasteiger partial charge in [-0.1, -0.05) is 39.0 Å². The summed E-state index contributed by atoms with van der Waals surface area (Å²) in [7, 11) is 1.42. The molecule has 1 aliphatic rings. The zero-order chi connectivity index (χ0) is 19.2. The van der Waals surface area contributed by atoms with Gasteiger partial charge in [0.15, 0.2) is 0 Å². The van der Waals surface area contributed by atoms with Crippen molar-refractivity contribution in [3.63, 3.8) is 0 Å². The molecule has 1 N–H and O–H groups in total. The highest BCUT2D eigenvalue weighted by Crippen LogP contribution is 2.24. The zero-order valence-corrected chi connectivity index (χ0v) is 16.9. The van der Waals surface area contributed by atoms with Crippen LogP contribution < -0.4 is 0 Å². The number of likely N-dealkylation sites (tertiary alicyclic amines) is 1. The molecule has 1 rings (SSSR count). The first kappa shape index (κ1) is 22.9. The number of rotatable bonds is 14. The topological polar surface area (TPSA) is 66.8 Å². The minimum atomic E-state index is -0.223. The van der Waals surface area contributed by atoms with Gasteiger partial charge in [-0.2, -0.15) is 0 Å². The van der Waals surface area contributed by atoms with Gasteiger partial charge >= 0.3 is 5.97 Å². The molecule has 0 radical (unpaired) electrons. The van der Waals surface area contributed by atoms with Gasteiger partial charge in [-0.15, -0.1) is 0 Å². The van der Waals surface area contributed by atoms with Crippen LogP contribution in [-0.2, 0) is 14.3 Å². The normalized spacial score (nSPS) is 18.8. The third-order valence-corrected chi connectivity index (χ3v) is 5.42. The minimum Gasteiger partial charge on any atom is -0.469 e. The van der Waals surface area contributed by atoms with Crippen LogP contribution in [0.4, 0.5) is 0 Å². The predicted molar refractivity (Wildman–Crippen MR) is 104 cm³/mol. The van der Waals surface area contributed by atoms with E-state index in [0.717, 1.165) is 70.8 Å². The van der Waals surface area contributed by atoms with Gasteiger partial charge in [0.25, 0.3) is 0 Å². The minimum absolute atomic E-state index is 0.145. The molecule has 0 aromatic rings. The molecule has 0 bridgehead atoms. The van der Waals surface area contributed by atoms with Crippen molar-refractivity contribution in [2.24, 2.45) is 0 Å². The maximum Gasteiger partial charge on any atom is 0.305 e. The Morgan fingerprint density at radius 1 is 1.19 bits per heavy atom. The van der Waals surface area contributed by atoms with E-state index >= 15 is 0 Å². The molecule has 0 aliphatic carbocycles. The Labute approximate surface area is 159 Å². The van der Waals surface area contributed by atoms with Crippen molar-refractivity contribution >= 4 is 11.9 Å². The fourth-order valence-corrected chi connectivity index (χ4v) is 3.77.